The first-order valence-corrected chi connectivity index (χ1v) is 7.91. The minimum absolute atomic E-state index is 0.772. The van der Waals surface area contributed by atoms with Crippen molar-refractivity contribution in [2.75, 3.05) is 11.9 Å². The molecule has 0 fully saturated rings. The van der Waals surface area contributed by atoms with Crippen LogP contribution in [0.15, 0.2) is 54.2 Å². The van der Waals surface area contributed by atoms with Gasteiger partial charge in [0, 0.05) is 34.9 Å². The SMILES string of the molecule is Clc1ccc(CCNc2nc(-c3ccncc3)cs2)cc1. The van der Waals surface area contributed by atoms with Gasteiger partial charge in [0.05, 0.1) is 5.69 Å². The maximum Gasteiger partial charge on any atom is 0.183 e. The summed E-state index contributed by atoms with van der Waals surface area (Å²) in [6.45, 7) is 0.852. The minimum Gasteiger partial charge on any atom is -0.361 e. The Morgan fingerprint density at radius 1 is 1.05 bits per heavy atom. The van der Waals surface area contributed by atoms with Gasteiger partial charge in [0.15, 0.2) is 5.13 Å². The number of hydrogen-bond acceptors (Lipinski definition) is 4. The molecule has 3 nitrogen and oxygen atoms in total. The molecule has 1 aromatic carbocycles. The van der Waals surface area contributed by atoms with E-state index in [-0.39, 0.29) is 0 Å². The highest BCUT2D eigenvalue weighted by Gasteiger charge is 2.03. The predicted molar refractivity (Wildman–Crippen MR) is 89.0 cm³/mol. The van der Waals surface area contributed by atoms with Crippen molar-refractivity contribution < 1.29 is 0 Å². The highest BCUT2D eigenvalue weighted by atomic mass is 35.5. The Bertz CT molecular complexity index is 695. The molecule has 0 saturated carbocycles. The van der Waals surface area contributed by atoms with Gasteiger partial charge in [-0.15, -0.1) is 11.3 Å². The molecule has 5 heteroatoms. The third kappa shape index (κ3) is 3.80. The van der Waals surface area contributed by atoms with Crippen LogP contribution in [0.3, 0.4) is 0 Å². The average Bonchev–Trinajstić information content (AvgIpc) is 2.99. The van der Waals surface area contributed by atoms with Gasteiger partial charge < -0.3 is 5.32 Å². The number of nitrogens with one attached hydrogen (secondary N) is 1. The van der Waals surface area contributed by atoms with Crippen molar-refractivity contribution in [1.29, 1.82) is 0 Å². The van der Waals surface area contributed by atoms with Crippen LogP contribution < -0.4 is 5.32 Å². The summed E-state index contributed by atoms with van der Waals surface area (Å²) in [4.78, 5) is 8.60. The number of aromatic nitrogens is 2. The molecule has 0 saturated heterocycles. The number of benzene rings is 1. The van der Waals surface area contributed by atoms with Gasteiger partial charge in [-0.2, -0.15) is 0 Å². The monoisotopic (exact) mass is 315 g/mol. The molecule has 0 aliphatic carbocycles. The average molecular weight is 316 g/mol. The molecule has 0 unspecified atom stereocenters. The van der Waals surface area contributed by atoms with Gasteiger partial charge in [-0.25, -0.2) is 4.98 Å². The molecule has 0 amide bonds. The highest BCUT2D eigenvalue weighted by molar-refractivity contribution is 7.14. The van der Waals surface area contributed by atoms with Crippen LogP contribution in [0.2, 0.25) is 5.02 Å². The zero-order valence-electron chi connectivity index (χ0n) is 11.3. The lowest BCUT2D eigenvalue weighted by molar-refractivity contribution is 1.02. The van der Waals surface area contributed by atoms with Gasteiger partial charge in [0.25, 0.3) is 0 Å². The molecule has 21 heavy (non-hydrogen) atoms. The lowest BCUT2D eigenvalue weighted by Gasteiger charge is -2.03. The second kappa shape index (κ2) is 6.70. The molecule has 0 spiro atoms. The summed E-state index contributed by atoms with van der Waals surface area (Å²) in [7, 11) is 0. The largest absolute Gasteiger partial charge is 0.361 e. The van der Waals surface area contributed by atoms with E-state index in [4.69, 9.17) is 11.6 Å². The van der Waals surface area contributed by atoms with Gasteiger partial charge in [-0.3, -0.25) is 4.98 Å². The van der Waals surface area contributed by atoms with Gasteiger partial charge in [0.2, 0.25) is 0 Å². The smallest absolute Gasteiger partial charge is 0.183 e. The lowest BCUT2D eigenvalue weighted by atomic mass is 10.1. The highest BCUT2D eigenvalue weighted by Crippen LogP contribution is 2.24. The van der Waals surface area contributed by atoms with E-state index in [0.29, 0.717) is 0 Å². The van der Waals surface area contributed by atoms with E-state index < -0.39 is 0 Å². The summed E-state index contributed by atoms with van der Waals surface area (Å²) in [6, 6.07) is 11.9. The van der Waals surface area contributed by atoms with Crippen LogP contribution in [-0.2, 0) is 6.42 Å². The Morgan fingerprint density at radius 3 is 2.57 bits per heavy atom. The number of halogens is 1. The predicted octanol–water partition coefficient (Wildman–Crippen LogP) is 4.51. The summed E-state index contributed by atoms with van der Waals surface area (Å²) < 4.78 is 0. The van der Waals surface area contributed by atoms with Gasteiger partial charge in [0.1, 0.15) is 0 Å². The van der Waals surface area contributed by atoms with Crippen molar-refractivity contribution in [2.24, 2.45) is 0 Å². The Labute approximate surface area is 132 Å². The second-order valence-electron chi connectivity index (χ2n) is 4.58. The van der Waals surface area contributed by atoms with Crippen LogP contribution >= 0.6 is 22.9 Å². The number of thiazole rings is 1. The van der Waals surface area contributed by atoms with E-state index >= 15 is 0 Å². The van der Waals surface area contributed by atoms with Gasteiger partial charge >= 0.3 is 0 Å². The molecule has 0 aliphatic rings. The molecule has 3 rings (SSSR count). The van der Waals surface area contributed by atoms with Crippen LogP contribution in [0.5, 0.6) is 0 Å². The Balaban J connectivity index is 1.57. The molecule has 0 aliphatic heterocycles. The van der Waals surface area contributed by atoms with E-state index in [1.165, 1.54) is 5.56 Å². The number of hydrogen-bond donors (Lipinski definition) is 1. The molecule has 0 atom stereocenters. The van der Waals surface area contributed by atoms with Crippen LogP contribution in [0.25, 0.3) is 11.3 Å². The van der Waals surface area contributed by atoms with E-state index in [1.807, 2.05) is 36.4 Å². The first-order chi connectivity index (χ1) is 10.3. The number of nitrogens with zero attached hydrogens (tertiary/aromatic N) is 2. The fraction of sp³-hybridized carbons (Fsp3) is 0.125. The van der Waals surface area contributed by atoms with Crippen molar-refractivity contribution in [3.8, 4) is 11.3 Å². The fourth-order valence-electron chi connectivity index (χ4n) is 1.98. The maximum atomic E-state index is 5.87. The summed E-state index contributed by atoms with van der Waals surface area (Å²) in [5.74, 6) is 0. The van der Waals surface area contributed by atoms with Gasteiger partial charge in [-0.1, -0.05) is 23.7 Å². The van der Waals surface area contributed by atoms with E-state index in [0.717, 1.165) is 34.4 Å². The Hall–Kier alpha value is -1.91. The van der Waals surface area contributed by atoms with Crippen LogP contribution in [-0.4, -0.2) is 16.5 Å². The van der Waals surface area contributed by atoms with Gasteiger partial charge in [-0.05, 0) is 36.2 Å². The Kier molecular flexibility index (Phi) is 4.48. The van der Waals surface area contributed by atoms with E-state index in [1.54, 1.807) is 23.7 Å². The molecule has 3 aromatic rings. The van der Waals surface area contributed by atoms with Crippen LogP contribution in [0, 0.1) is 0 Å². The zero-order chi connectivity index (χ0) is 14.5. The molecule has 2 aromatic heterocycles. The first-order valence-electron chi connectivity index (χ1n) is 6.65. The molecular weight excluding hydrogens is 302 g/mol. The van der Waals surface area contributed by atoms with E-state index in [2.05, 4.69) is 20.7 Å². The zero-order valence-corrected chi connectivity index (χ0v) is 12.9. The standard InChI is InChI=1S/C16H14ClN3S/c17-14-3-1-12(2-4-14)5-10-19-16-20-15(11-21-16)13-6-8-18-9-7-13/h1-4,6-9,11H,5,10H2,(H,19,20). The summed E-state index contributed by atoms with van der Waals surface area (Å²) in [6.07, 6.45) is 4.51. The second-order valence-corrected chi connectivity index (χ2v) is 5.87. The molecule has 0 bridgehead atoms. The van der Waals surface area contributed by atoms with Crippen molar-refractivity contribution in [1.82, 2.24) is 9.97 Å². The molecular formula is C16H14ClN3S. The van der Waals surface area contributed by atoms with E-state index in [9.17, 15) is 0 Å². The summed E-state index contributed by atoms with van der Waals surface area (Å²) in [5.41, 5.74) is 3.33. The fourth-order valence-corrected chi connectivity index (χ4v) is 2.85. The van der Waals surface area contributed by atoms with Crippen molar-refractivity contribution in [3.63, 3.8) is 0 Å². The number of pyridine rings is 1. The number of anilines is 1. The third-order valence-corrected chi connectivity index (χ3v) is 4.14. The summed E-state index contributed by atoms with van der Waals surface area (Å²) in [5, 5.41) is 7.12. The lowest BCUT2D eigenvalue weighted by Crippen LogP contribution is -2.04. The third-order valence-electron chi connectivity index (χ3n) is 3.08. The van der Waals surface area contributed by atoms with Crippen molar-refractivity contribution >= 4 is 28.1 Å². The summed E-state index contributed by atoms with van der Waals surface area (Å²) >= 11 is 7.49. The van der Waals surface area contributed by atoms with Crippen LogP contribution in [0.4, 0.5) is 5.13 Å². The molecule has 0 radical (unpaired) electrons. The maximum absolute atomic E-state index is 5.87. The molecule has 106 valence electrons. The normalized spacial score (nSPS) is 10.5. The Morgan fingerprint density at radius 2 is 1.81 bits per heavy atom. The molecule has 1 N–H and O–H groups in total. The minimum atomic E-state index is 0.772. The van der Waals surface area contributed by atoms with Crippen molar-refractivity contribution in [3.05, 3.63) is 64.8 Å². The number of rotatable bonds is 5. The topological polar surface area (TPSA) is 37.8 Å². The van der Waals surface area contributed by atoms with Crippen LogP contribution in [0.1, 0.15) is 5.56 Å². The quantitative estimate of drug-likeness (QED) is 0.752. The van der Waals surface area contributed by atoms with Crippen molar-refractivity contribution in [2.45, 2.75) is 6.42 Å². The first kappa shape index (κ1) is 14.0. The molecule has 2 heterocycles.